The number of hydrogen-bond donors (Lipinski definition) is 3. The summed E-state index contributed by atoms with van der Waals surface area (Å²) < 4.78 is 6.29. The highest BCUT2D eigenvalue weighted by molar-refractivity contribution is 6.02. The van der Waals surface area contributed by atoms with Crippen molar-refractivity contribution in [2.24, 2.45) is 0 Å². The molecule has 178 valence electrons. The van der Waals surface area contributed by atoms with Gasteiger partial charge in [0.05, 0.1) is 17.6 Å². The number of carbonyl (C=O) groups is 2. The Hall–Kier alpha value is -4.40. The Kier molecular flexibility index (Phi) is 6.05. The number of hydrogen-bond acceptors (Lipinski definition) is 6. The molecule has 9 nitrogen and oxygen atoms in total. The topological polar surface area (TPSA) is 122 Å². The summed E-state index contributed by atoms with van der Waals surface area (Å²) in [5.41, 5.74) is 4.25. The summed E-state index contributed by atoms with van der Waals surface area (Å²) in [5, 5.41) is 24.3. The molecule has 2 aromatic heterocycles. The monoisotopic (exact) mass is 471 g/mol. The lowest BCUT2D eigenvalue weighted by Gasteiger charge is -2.25. The first kappa shape index (κ1) is 22.4. The van der Waals surface area contributed by atoms with E-state index in [0.29, 0.717) is 23.5 Å². The minimum atomic E-state index is -0.463. The lowest BCUT2D eigenvalue weighted by atomic mass is 9.82. The summed E-state index contributed by atoms with van der Waals surface area (Å²) in [6, 6.07) is 15.5. The highest BCUT2D eigenvalue weighted by Gasteiger charge is 2.27. The SMILES string of the molecule is Cc1ccccc1CNC(=O)n1nc(-c2cc(NC(=O)c3ccno3)ccc2O)cc1C1CCC1. The molecule has 1 saturated carbocycles. The number of aromatic nitrogens is 3. The molecule has 0 atom stereocenters. The first-order valence-electron chi connectivity index (χ1n) is 11.5. The van der Waals surface area contributed by atoms with Crippen LogP contribution in [-0.4, -0.2) is 32.0 Å². The Morgan fingerprint density at radius 3 is 2.69 bits per heavy atom. The fourth-order valence-corrected chi connectivity index (χ4v) is 4.08. The molecule has 2 aromatic carbocycles. The van der Waals surface area contributed by atoms with Gasteiger partial charge >= 0.3 is 6.03 Å². The Balaban J connectivity index is 1.41. The minimum absolute atomic E-state index is 0.00667. The van der Waals surface area contributed by atoms with E-state index in [1.54, 1.807) is 12.1 Å². The van der Waals surface area contributed by atoms with Gasteiger partial charge in [-0.2, -0.15) is 9.78 Å². The number of nitrogens with zero attached hydrogens (tertiary/aromatic N) is 3. The highest BCUT2D eigenvalue weighted by Crippen LogP contribution is 2.39. The molecule has 0 bridgehead atoms. The number of anilines is 1. The molecular weight excluding hydrogens is 446 g/mol. The van der Waals surface area contributed by atoms with E-state index >= 15 is 0 Å². The van der Waals surface area contributed by atoms with Crippen LogP contribution in [0.2, 0.25) is 0 Å². The largest absolute Gasteiger partial charge is 0.507 e. The average molecular weight is 472 g/mol. The zero-order valence-electron chi connectivity index (χ0n) is 19.2. The summed E-state index contributed by atoms with van der Waals surface area (Å²) in [6.07, 6.45) is 4.45. The number of rotatable bonds is 6. The standard InChI is InChI=1S/C26H25N5O4/c1-16-5-2-3-6-18(16)15-27-26(34)31-22(17-7-4-8-17)14-21(30-31)20-13-19(9-10-23(20)32)29-25(33)24-11-12-28-35-24/h2-3,5-6,9-14,17,32H,4,7-8,15H2,1H3,(H,27,34)(H,29,33). The second-order valence-corrected chi connectivity index (χ2v) is 8.64. The number of phenols is 1. The Morgan fingerprint density at radius 2 is 1.97 bits per heavy atom. The molecule has 1 aliphatic carbocycles. The molecule has 35 heavy (non-hydrogen) atoms. The van der Waals surface area contributed by atoms with Gasteiger partial charge in [0.25, 0.3) is 5.91 Å². The van der Waals surface area contributed by atoms with Crippen LogP contribution in [0.25, 0.3) is 11.3 Å². The van der Waals surface area contributed by atoms with Crippen LogP contribution in [0.5, 0.6) is 5.75 Å². The van der Waals surface area contributed by atoms with Gasteiger partial charge in [-0.1, -0.05) is 35.8 Å². The molecule has 0 aliphatic heterocycles. The number of benzene rings is 2. The molecule has 2 amide bonds. The van der Waals surface area contributed by atoms with Gasteiger partial charge in [-0.3, -0.25) is 4.79 Å². The third-order valence-corrected chi connectivity index (χ3v) is 6.34. The Bertz CT molecular complexity index is 1370. The number of aromatic hydroxyl groups is 1. The fraction of sp³-hybridized carbons (Fsp3) is 0.231. The molecule has 2 heterocycles. The van der Waals surface area contributed by atoms with Crippen molar-refractivity contribution in [3.05, 3.63) is 83.4 Å². The van der Waals surface area contributed by atoms with Crippen molar-refractivity contribution >= 4 is 17.6 Å². The normalized spacial score (nSPS) is 13.3. The third-order valence-electron chi connectivity index (χ3n) is 6.34. The van der Waals surface area contributed by atoms with Gasteiger partial charge in [-0.05, 0) is 55.2 Å². The van der Waals surface area contributed by atoms with E-state index in [-0.39, 0.29) is 23.5 Å². The van der Waals surface area contributed by atoms with E-state index in [9.17, 15) is 14.7 Å². The summed E-state index contributed by atoms with van der Waals surface area (Å²) in [6.45, 7) is 2.39. The maximum absolute atomic E-state index is 13.1. The maximum Gasteiger partial charge on any atom is 0.342 e. The van der Waals surface area contributed by atoms with Gasteiger partial charge in [0.2, 0.25) is 5.76 Å². The summed E-state index contributed by atoms with van der Waals surface area (Å²) in [5.74, 6) is -0.165. The van der Waals surface area contributed by atoms with Crippen molar-refractivity contribution in [2.75, 3.05) is 5.32 Å². The van der Waals surface area contributed by atoms with Gasteiger partial charge < -0.3 is 20.3 Å². The third kappa shape index (κ3) is 4.65. The molecule has 0 unspecified atom stereocenters. The Morgan fingerprint density at radius 1 is 1.14 bits per heavy atom. The average Bonchev–Trinajstić information content (AvgIpc) is 3.49. The van der Waals surface area contributed by atoms with E-state index in [2.05, 4.69) is 20.9 Å². The van der Waals surface area contributed by atoms with Crippen LogP contribution in [0.1, 0.15) is 52.6 Å². The second kappa shape index (κ2) is 9.46. The second-order valence-electron chi connectivity index (χ2n) is 8.64. The molecule has 0 radical (unpaired) electrons. The van der Waals surface area contributed by atoms with Crippen LogP contribution < -0.4 is 10.6 Å². The van der Waals surface area contributed by atoms with Gasteiger partial charge in [-0.25, -0.2) is 4.79 Å². The van der Waals surface area contributed by atoms with E-state index < -0.39 is 5.91 Å². The van der Waals surface area contributed by atoms with E-state index in [4.69, 9.17) is 4.52 Å². The highest BCUT2D eigenvalue weighted by atomic mass is 16.5. The lowest BCUT2D eigenvalue weighted by molar-refractivity contribution is 0.0988. The van der Waals surface area contributed by atoms with Crippen LogP contribution in [0.4, 0.5) is 10.5 Å². The first-order valence-corrected chi connectivity index (χ1v) is 11.5. The number of nitrogens with one attached hydrogen (secondary N) is 2. The summed E-state index contributed by atoms with van der Waals surface area (Å²) in [4.78, 5) is 25.4. The van der Waals surface area contributed by atoms with Crippen molar-refractivity contribution in [3.63, 3.8) is 0 Å². The van der Waals surface area contributed by atoms with Gasteiger partial charge in [-0.15, -0.1) is 0 Å². The molecular formula is C26H25N5O4. The number of aryl methyl sites for hydroxylation is 1. The van der Waals surface area contributed by atoms with Crippen LogP contribution in [0.3, 0.4) is 0 Å². The molecule has 0 spiro atoms. The first-order chi connectivity index (χ1) is 17.0. The molecule has 3 N–H and O–H groups in total. The van der Waals surface area contributed by atoms with Crippen molar-refractivity contribution in [1.82, 2.24) is 20.3 Å². The predicted molar refractivity (Wildman–Crippen MR) is 129 cm³/mol. The fourth-order valence-electron chi connectivity index (χ4n) is 4.08. The van der Waals surface area contributed by atoms with Crippen LogP contribution >= 0.6 is 0 Å². The number of carbonyl (C=O) groups excluding carboxylic acids is 2. The van der Waals surface area contributed by atoms with Gasteiger partial charge in [0.1, 0.15) is 5.75 Å². The molecule has 9 heteroatoms. The molecule has 1 fully saturated rings. The zero-order chi connectivity index (χ0) is 24.4. The zero-order valence-corrected chi connectivity index (χ0v) is 19.2. The molecule has 4 aromatic rings. The molecule has 0 saturated heterocycles. The molecule has 1 aliphatic rings. The number of phenolic OH excluding ortho intramolecular Hbond substituents is 1. The van der Waals surface area contributed by atoms with E-state index in [1.807, 2.05) is 37.3 Å². The van der Waals surface area contributed by atoms with Crippen molar-refractivity contribution in [1.29, 1.82) is 0 Å². The lowest BCUT2D eigenvalue weighted by Crippen LogP contribution is -2.31. The summed E-state index contributed by atoms with van der Waals surface area (Å²) in [7, 11) is 0. The van der Waals surface area contributed by atoms with Crippen molar-refractivity contribution < 1.29 is 19.2 Å². The minimum Gasteiger partial charge on any atom is -0.507 e. The van der Waals surface area contributed by atoms with Crippen molar-refractivity contribution in [2.45, 2.75) is 38.6 Å². The number of amides is 2. The van der Waals surface area contributed by atoms with Gasteiger partial charge in [0, 0.05) is 29.8 Å². The van der Waals surface area contributed by atoms with Crippen molar-refractivity contribution in [3.8, 4) is 17.0 Å². The van der Waals surface area contributed by atoms with Crippen LogP contribution in [0, 0.1) is 6.92 Å². The van der Waals surface area contributed by atoms with E-state index in [0.717, 1.165) is 36.1 Å². The maximum atomic E-state index is 13.1. The van der Waals surface area contributed by atoms with Crippen LogP contribution in [-0.2, 0) is 6.54 Å². The van der Waals surface area contributed by atoms with E-state index in [1.165, 1.54) is 23.0 Å². The Labute approximate surface area is 201 Å². The van der Waals surface area contributed by atoms with Crippen LogP contribution in [0.15, 0.2) is 65.3 Å². The molecule has 5 rings (SSSR count). The smallest absolute Gasteiger partial charge is 0.342 e. The summed E-state index contributed by atoms with van der Waals surface area (Å²) >= 11 is 0. The van der Waals surface area contributed by atoms with Gasteiger partial charge in [0.15, 0.2) is 0 Å². The quantitative estimate of drug-likeness (QED) is 0.346. The predicted octanol–water partition coefficient (Wildman–Crippen LogP) is 4.83.